The van der Waals surface area contributed by atoms with Crippen LogP contribution in [0.1, 0.15) is 32.8 Å². The van der Waals surface area contributed by atoms with Gasteiger partial charge in [-0.05, 0) is 24.1 Å². The molecule has 22 heavy (non-hydrogen) atoms. The summed E-state index contributed by atoms with van der Waals surface area (Å²) in [6.07, 6.45) is 1.85. The first-order valence-electron chi connectivity index (χ1n) is 7.22. The first kappa shape index (κ1) is 14.5. The SMILES string of the molecule is CCC1(c2ccnc3ccccc23)C(=O)OC(C)(C)OC1=O. The summed E-state index contributed by atoms with van der Waals surface area (Å²) in [5, 5.41) is 0.750. The lowest BCUT2D eigenvalue weighted by atomic mass is 9.76. The zero-order valence-corrected chi connectivity index (χ0v) is 12.8. The van der Waals surface area contributed by atoms with E-state index in [9.17, 15) is 9.59 Å². The predicted molar refractivity (Wildman–Crippen MR) is 80.0 cm³/mol. The van der Waals surface area contributed by atoms with Crippen molar-refractivity contribution in [3.63, 3.8) is 0 Å². The summed E-state index contributed by atoms with van der Waals surface area (Å²) in [7, 11) is 0. The molecule has 1 fully saturated rings. The standard InChI is InChI=1S/C17H17NO4/c1-4-17(14(19)21-16(2,3)22-15(17)20)12-9-10-18-13-8-6-5-7-11(12)13/h5-10H,4H2,1-3H3. The van der Waals surface area contributed by atoms with Gasteiger partial charge < -0.3 is 9.47 Å². The number of fused-ring (bicyclic) bond motifs is 1. The Kier molecular flexibility index (Phi) is 3.16. The Balaban J connectivity index is 2.26. The van der Waals surface area contributed by atoms with Gasteiger partial charge in [-0.15, -0.1) is 0 Å². The van der Waals surface area contributed by atoms with Crippen molar-refractivity contribution in [1.29, 1.82) is 0 Å². The molecule has 0 aliphatic carbocycles. The molecule has 1 saturated heterocycles. The third kappa shape index (κ3) is 1.96. The highest BCUT2D eigenvalue weighted by Gasteiger charge is 2.56. The third-order valence-corrected chi connectivity index (χ3v) is 4.01. The smallest absolute Gasteiger partial charge is 0.331 e. The number of nitrogens with zero attached hydrogens (tertiary/aromatic N) is 1. The van der Waals surface area contributed by atoms with Gasteiger partial charge in [-0.3, -0.25) is 14.6 Å². The number of esters is 2. The molecule has 0 saturated carbocycles. The summed E-state index contributed by atoms with van der Waals surface area (Å²) in [5.74, 6) is -2.39. The van der Waals surface area contributed by atoms with Crippen LogP contribution in [0, 0.1) is 0 Å². The molecule has 0 unspecified atom stereocenters. The van der Waals surface area contributed by atoms with Crippen molar-refractivity contribution in [3.8, 4) is 0 Å². The van der Waals surface area contributed by atoms with E-state index in [4.69, 9.17) is 9.47 Å². The number of pyridine rings is 1. The fraction of sp³-hybridized carbons (Fsp3) is 0.353. The largest absolute Gasteiger partial charge is 0.422 e. The summed E-state index contributed by atoms with van der Waals surface area (Å²) >= 11 is 0. The molecule has 2 aromatic rings. The molecule has 0 atom stereocenters. The Hall–Kier alpha value is -2.43. The highest BCUT2D eigenvalue weighted by Crippen LogP contribution is 2.40. The normalized spacial score (nSPS) is 19.6. The zero-order valence-electron chi connectivity index (χ0n) is 12.8. The molecule has 2 heterocycles. The van der Waals surface area contributed by atoms with Crippen LogP contribution in [-0.2, 0) is 24.5 Å². The molecule has 1 aromatic carbocycles. The van der Waals surface area contributed by atoms with E-state index in [0.29, 0.717) is 5.56 Å². The number of ether oxygens (including phenoxy) is 2. The minimum Gasteiger partial charge on any atom is -0.422 e. The molecule has 5 nitrogen and oxygen atoms in total. The topological polar surface area (TPSA) is 65.5 Å². The molecular weight excluding hydrogens is 282 g/mol. The van der Waals surface area contributed by atoms with Crippen LogP contribution < -0.4 is 0 Å². The van der Waals surface area contributed by atoms with Gasteiger partial charge >= 0.3 is 11.9 Å². The van der Waals surface area contributed by atoms with Crippen LogP contribution in [0.15, 0.2) is 36.5 Å². The van der Waals surface area contributed by atoms with E-state index in [1.165, 1.54) is 0 Å². The number of carbonyl (C=O) groups excluding carboxylic acids is 2. The van der Waals surface area contributed by atoms with Gasteiger partial charge in [0.25, 0.3) is 5.79 Å². The number of hydrogen-bond acceptors (Lipinski definition) is 5. The summed E-state index contributed by atoms with van der Waals surface area (Å²) in [6.45, 7) is 4.87. The lowest BCUT2D eigenvalue weighted by Crippen LogP contribution is -2.56. The number of hydrogen-bond donors (Lipinski definition) is 0. The van der Waals surface area contributed by atoms with Crippen molar-refractivity contribution in [2.75, 3.05) is 0 Å². The molecule has 3 rings (SSSR count). The maximum Gasteiger partial charge on any atom is 0.331 e. The minimum atomic E-state index is -1.45. The van der Waals surface area contributed by atoms with Gasteiger partial charge in [-0.25, -0.2) is 0 Å². The molecule has 0 bridgehead atoms. The summed E-state index contributed by atoms with van der Waals surface area (Å²) in [5.41, 5.74) is -0.151. The monoisotopic (exact) mass is 299 g/mol. The fourth-order valence-electron chi connectivity index (χ4n) is 2.89. The zero-order chi connectivity index (χ0) is 16.0. The number of cyclic esters (lactones) is 2. The minimum absolute atomic E-state index is 0.259. The quantitative estimate of drug-likeness (QED) is 0.630. The lowest BCUT2D eigenvalue weighted by Gasteiger charge is -2.40. The van der Waals surface area contributed by atoms with Crippen molar-refractivity contribution in [3.05, 3.63) is 42.1 Å². The highest BCUT2D eigenvalue weighted by molar-refractivity contribution is 6.10. The van der Waals surface area contributed by atoms with E-state index < -0.39 is 23.1 Å². The molecular formula is C17H17NO4. The molecule has 5 heteroatoms. The maximum atomic E-state index is 12.7. The summed E-state index contributed by atoms with van der Waals surface area (Å²) in [4.78, 5) is 29.6. The summed E-state index contributed by atoms with van der Waals surface area (Å²) in [6, 6.07) is 9.08. The number of carbonyl (C=O) groups is 2. The van der Waals surface area contributed by atoms with Crippen molar-refractivity contribution < 1.29 is 19.1 Å². The van der Waals surface area contributed by atoms with E-state index in [1.807, 2.05) is 24.3 Å². The van der Waals surface area contributed by atoms with Gasteiger partial charge in [0, 0.05) is 25.4 Å². The van der Waals surface area contributed by atoms with Crippen LogP contribution in [0.2, 0.25) is 0 Å². The van der Waals surface area contributed by atoms with Gasteiger partial charge in [0.1, 0.15) is 0 Å². The molecule has 0 amide bonds. The number of rotatable bonds is 2. The van der Waals surface area contributed by atoms with Gasteiger partial charge in [0.15, 0.2) is 5.41 Å². The van der Waals surface area contributed by atoms with E-state index in [1.54, 1.807) is 33.0 Å². The van der Waals surface area contributed by atoms with Crippen LogP contribution >= 0.6 is 0 Å². The van der Waals surface area contributed by atoms with Crippen molar-refractivity contribution in [2.45, 2.75) is 38.4 Å². The predicted octanol–water partition coefficient (Wildman–Crippen LogP) is 2.72. The molecule has 1 aliphatic rings. The Morgan fingerprint density at radius 1 is 1.05 bits per heavy atom. The fourth-order valence-corrected chi connectivity index (χ4v) is 2.89. The third-order valence-electron chi connectivity index (χ3n) is 4.01. The molecule has 0 spiro atoms. The van der Waals surface area contributed by atoms with Gasteiger partial charge in [-0.2, -0.15) is 0 Å². The second-order valence-electron chi connectivity index (χ2n) is 5.81. The van der Waals surface area contributed by atoms with Crippen molar-refractivity contribution in [2.24, 2.45) is 0 Å². The lowest BCUT2D eigenvalue weighted by molar-refractivity contribution is -0.243. The van der Waals surface area contributed by atoms with Crippen LogP contribution in [0.4, 0.5) is 0 Å². The molecule has 114 valence electrons. The molecule has 1 aliphatic heterocycles. The van der Waals surface area contributed by atoms with Crippen LogP contribution in [0.25, 0.3) is 10.9 Å². The van der Waals surface area contributed by atoms with Crippen LogP contribution in [0.5, 0.6) is 0 Å². The second-order valence-corrected chi connectivity index (χ2v) is 5.81. The Morgan fingerprint density at radius 3 is 2.32 bits per heavy atom. The highest BCUT2D eigenvalue weighted by atomic mass is 16.7. The molecule has 0 radical (unpaired) electrons. The Bertz CT molecular complexity index is 741. The first-order valence-corrected chi connectivity index (χ1v) is 7.22. The van der Waals surface area contributed by atoms with Crippen molar-refractivity contribution >= 4 is 22.8 Å². The number of para-hydroxylation sites is 1. The van der Waals surface area contributed by atoms with Gasteiger partial charge in [-0.1, -0.05) is 25.1 Å². The van der Waals surface area contributed by atoms with E-state index in [-0.39, 0.29) is 6.42 Å². The van der Waals surface area contributed by atoms with Crippen LogP contribution in [0.3, 0.4) is 0 Å². The van der Waals surface area contributed by atoms with Crippen molar-refractivity contribution in [1.82, 2.24) is 4.98 Å². The van der Waals surface area contributed by atoms with E-state index in [0.717, 1.165) is 10.9 Å². The average molecular weight is 299 g/mol. The number of aromatic nitrogens is 1. The van der Waals surface area contributed by atoms with E-state index >= 15 is 0 Å². The first-order chi connectivity index (χ1) is 10.4. The number of benzene rings is 1. The summed E-state index contributed by atoms with van der Waals surface area (Å²) < 4.78 is 10.7. The van der Waals surface area contributed by atoms with Crippen LogP contribution in [-0.4, -0.2) is 22.7 Å². The Labute approximate surface area is 128 Å². The van der Waals surface area contributed by atoms with E-state index in [2.05, 4.69) is 4.98 Å². The molecule has 0 N–H and O–H groups in total. The van der Waals surface area contributed by atoms with Gasteiger partial charge in [0.05, 0.1) is 5.52 Å². The Morgan fingerprint density at radius 2 is 1.68 bits per heavy atom. The molecule has 1 aromatic heterocycles. The van der Waals surface area contributed by atoms with Gasteiger partial charge in [0.2, 0.25) is 0 Å². The second kappa shape index (κ2) is 4.80. The average Bonchev–Trinajstić information content (AvgIpc) is 2.46. The maximum absolute atomic E-state index is 12.7.